The minimum atomic E-state index is -0.158. The number of allylic oxidation sites excluding steroid dienone is 2. The van der Waals surface area contributed by atoms with Crippen LogP contribution >= 0.6 is 0 Å². The fourth-order valence-electron chi connectivity index (χ4n) is 0.857. The summed E-state index contributed by atoms with van der Waals surface area (Å²) in [5.74, 6) is -0.158. The van der Waals surface area contributed by atoms with Gasteiger partial charge in [0.05, 0.1) is 13.0 Å². The fourth-order valence-corrected chi connectivity index (χ4v) is 0.857. The van der Waals surface area contributed by atoms with Gasteiger partial charge >= 0.3 is 5.97 Å². The molecule has 0 unspecified atom stereocenters. The van der Waals surface area contributed by atoms with Crippen LogP contribution in [-0.4, -0.2) is 12.6 Å². The van der Waals surface area contributed by atoms with E-state index in [0.717, 1.165) is 19.3 Å². The molecule has 13 heavy (non-hydrogen) atoms. The van der Waals surface area contributed by atoms with Crippen molar-refractivity contribution in [2.24, 2.45) is 0 Å². The van der Waals surface area contributed by atoms with Gasteiger partial charge in [0.2, 0.25) is 0 Å². The van der Waals surface area contributed by atoms with Crippen molar-refractivity contribution in [3.8, 4) is 0 Å². The number of esters is 1. The van der Waals surface area contributed by atoms with Crippen LogP contribution in [-0.2, 0) is 9.53 Å². The molecule has 0 fully saturated rings. The molecule has 0 atom stereocenters. The standard InChI is InChI=1S/C11H18O2/c1-3-5-7-9-11(12)13-10-8-6-4-2/h3,5,7H,1,4,6,8-10H2,2H3. The van der Waals surface area contributed by atoms with Crippen LogP contribution in [0.1, 0.15) is 32.6 Å². The van der Waals surface area contributed by atoms with Crippen LogP contribution in [0.4, 0.5) is 0 Å². The lowest BCUT2D eigenvalue weighted by atomic mass is 10.3. The second-order valence-corrected chi connectivity index (χ2v) is 2.80. The molecule has 0 heterocycles. The summed E-state index contributed by atoms with van der Waals surface area (Å²) in [4.78, 5) is 11.0. The maximum atomic E-state index is 11.0. The van der Waals surface area contributed by atoms with E-state index in [1.54, 1.807) is 18.2 Å². The molecule has 0 N–H and O–H groups in total. The van der Waals surface area contributed by atoms with E-state index in [0.29, 0.717) is 13.0 Å². The first-order chi connectivity index (χ1) is 6.31. The minimum Gasteiger partial charge on any atom is -0.465 e. The zero-order chi connectivity index (χ0) is 9.94. The molecule has 0 saturated heterocycles. The Balaban J connectivity index is 3.30. The van der Waals surface area contributed by atoms with E-state index in [1.165, 1.54) is 0 Å². The van der Waals surface area contributed by atoms with Gasteiger partial charge in [-0.05, 0) is 6.42 Å². The Morgan fingerprint density at radius 1 is 1.46 bits per heavy atom. The van der Waals surface area contributed by atoms with Crippen molar-refractivity contribution in [3.05, 3.63) is 24.8 Å². The van der Waals surface area contributed by atoms with Gasteiger partial charge in [-0.3, -0.25) is 4.79 Å². The average Bonchev–Trinajstić information content (AvgIpc) is 2.13. The Morgan fingerprint density at radius 3 is 2.85 bits per heavy atom. The summed E-state index contributed by atoms with van der Waals surface area (Å²) in [6.07, 6.45) is 8.71. The first-order valence-corrected chi connectivity index (χ1v) is 4.74. The molecule has 0 spiro atoms. The van der Waals surface area contributed by atoms with Crippen LogP contribution in [0.2, 0.25) is 0 Å². The number of carbonyl (C=O) groups is 1. The smallest absolute Gasteiger partial charge is 0.309 e. The SMILES string of the molecule is C=CC=CCC(=O)OCCCCC. The van der Waals surface area contributed by atoms with Gasteiger partial charge in [-0.2, -0.15) is 0 Å². The Bertz CT molecular complexity index is 171. The summed E-state index contributed by atoms with van der Waals surface area (Å²) in [5.41, 5.74) is 0. The van der Waals surface area contributed by atoms with E-state index >= 15 is 0 Å². The molecular weight excluding hydrogens is 164 g/mol. The highest BCUT2D eigenvalue weighted by atomic mass is 16.5. The van der Waals surface area contributed by atoms with E-state index in [-0.39, 0.29) is 5.97 Å². The fraction of sp³-hybridized carbons (Fsp3) is 0.545. The molecule has 0 amide bonds. The quantitative estimate of drug-likeness (QED) is 0.344. The van der Waals surface area contributed by atoms with E-state index < -0.39 is 0 Å². The van der Waals surface area contributed by atoms with Crippen molar-refractivity contribution in [1.29, 1.82) is 0 Å². The molecule has 0 aromatic rings. The van der Waals surface area contributed by atoms with Crippen molar-refractivity contribution in [2.75, 3.05) is 6.61 Å². The van der Waals surface area contributed by atoms with Crippen molar-refractivity contribution in [3.63, 3.8) is 0 Å². The molecular formula is C11H18O2. The Morgan fingerprint density at radius 2 is 2.23 bits per heavy atom. The highest BCUT2D eigenvalue weighted by molar-refractivity contribution is 5.71. The third-order valence-corrected chi connectivity index (χ3v) is 1.57. The second kappa shape index (κ2) is 9.04. The third-order valence-electron chi connectivity index (χ3n) is 1.57. The first kappa shape index (κ1) is 11.9. The topological polar surface area (TPSA) is 26.3 Å². The van der Waals surface area contributed by atoms with Crippen LogP contribution in [0.3, 0.4) is 0 Å². The zero-order valence-corrected chi connectivity index (χ0v) is 8.29. The molecule has 0 aromatic heterocycles. The third kappa shape index (κ3) is 8.86. The Labute approximate surface area is 80.3 Å². The van der Waals surface area contributed by atoms with Gasteiger partial charge in [0, 0.05) is 0 Å². The lowest BCUT2D eigenvalue weighted by molar-refractivity contribution is -0.142. The van der Waals surface area contributed by atoms with Crippen molar-refractivity contribution in [2.45, 2.75) is 32.6 Å². The molecule has 0 aliphatic rings. The van der Waals surface area contributed by atoms with Gasteiger partial charge in [-0.25, -0.2) is 0 Å². The van der Waals surface area contributed by atoms with Gasteiger partial charge in [0.1, 0.15) is 0 Å². The summed E-state index contributed by atoms with van der Waals surface area (Å²) in [5, 5.41) is 0. The van der Waals surface area contributed by atoms with Gasteiger partial charge in [0.25, 0.3) is 0 Å². The maximum absolute atomic E-state index is 11.0. The first-order valence-electron chi connectivity index (χ1n) is 4.74. The summed E-state index contributed by atoms with van der Waals surface area (Å²) in [6, 6.07) is 0. The lowest BCUT2D eigenvalue weighted by Gasteiger charge is -2.01. The van der Waals surface area contributed by atoms with Crippen LogP contribution < -0.4 is 0 Å². The molecule has 2 heteroatoms. The van der Waals surface area contributed by atoms with Gasteiger partial charge in [0.15, 0.2) is 0 Å². The molecule has 0 rings (SSSR count). The Hall–Kier alpha value is -1.05. The van der Waals surface area contributed by atoms with E-state index in [2.05, 4.69) is 13.5 Å². The van der Waals surface area contributed by atoms with E-state index in [4.69, 9.17) is 4.74 Å². The predicted octanol–water partition coefficient (Wildman–Crippen LogP) is 2.85. The summed E-state index contributed by atoms with van der Waals surface area (Å²) in [6.45, 7) is 6.17. The summed E-state index contributed by atoms with van der Waals surface area (Å²) >= 11 is 0. The largest absolute Gasteiger partial charge is 0.465 e. The number of rotatable bonds is 7. The molecule has 0 aromatic carbocycles. The number of unbranched alkanes of at least 4 members (excludes halogenated alkanes) is 2. The number of hydrogen-bond donors (Lipinski definition) is 0. The van der Waals surface area contributed by atoms with Crippen molar-refractivity contribution >= 4 is 5.97 Å². The lowest BCUT2D eigenvalue weighted by Crippen LogP contribution is -2.04. The van der Waals surface area contributed by atoms with Gasteiger partial charge < -0.3 is 4.74 Å². The van der Waals surface area contributed by atoms with Crippen LogP contribution in [0.15, 0.2) is 24.8 Å². The molecule has 74 valence electrons. The second-order valence-electron chi connectivity index (χ2n) is 2.80. The molecule has 0 aliphatic heterocycles. The van der Waals surface area contributed by atoms with Crippen LogP contribution in [0.5, 0.6) is 0 Å². The monoisotopic (exact) mass is 182 g/mol. The van der Waals surface area contributed by atoms with E-state index in [9.17, 15) is 4.79 Å². The summed E-state index contributed by atoms with van der Waals surface area (Å²) in [7, 11) is 0. The Kier molecular flexibility index (Phi) is 8.31. The van der Waals surface area contributed by atoms with Gasteiger partial charge in [-0.15, -0.1) is 0 Å². The van der Waals surface area contributed by atoms with Crippen molar-refractivity contribution < 1.29 is 9.53 Å². The predicted molar refractivity (Wildman–Crippen MR) is 54.4 cm³/mol. The maximum Gasteiger partial charge on any atom is 0.309 e. The minimum absolute atomic E-state index is 0.158. The molecule has 2 nitrogen and oxygen atoms in total. The highest BCUT2D eigenvalue weighted by Crippen LogP contribution is 1.96. The normalized spacial score (nSPS) is 10.2. The highest BCUT2D eigenvalue weighted by Gasteiger charge is 1.97. The van der Waals surface area contributed by atoms with Crippen LogP contribution in [0.25, 0.3) is 0 Å². The van der Waals surface area contributed by atoms with E-state index in [1.807, 2.05) is 0 Å². The van der Waals surface area contributed by atoms with Crippen molar-refractivity contribution in [1.82, 2.24) is 0 Å². The van der Waals surface area contributed by atoms with Gasteiger partial charge in [-0.1, -0.05) is 44.6 Å². The zero-order valence-electron chi connectivity index (χ0n) is 8.29. The molecule has 0 bridgehead atoms. The molecule has 0 saturated carbocycles. The van der Waals surface area contributed by atoms with Crippen LogP contribution in [0, 0.1) is 0 Å². The number of hydrogen-bond acceptors (Lipinski definition) is 2. The summed E-state index contributed by atoms with van der Waals surface area (Å²) < 4.78 is 4.97. The average molecular weight is 182 g/mol. The molecule has 0 radical (unpaired) electrons. The molecule has 0 aliphatic carbocycles. The number of carbonyl (C=O) groups excluding carboxylic acids is 1. The number of ether oxygens (including phenoxy) is 1.